The van der Waals surface area contributed by atoms with Crippen molar-refractivity contribution in [1.82, 2.24) is 0 Å². The lowest BCUT2D eigenvalue weighted by Gasteiger charge is -2.12. The highest BCUT2D eigenvalue weighted by molar-refractivity contribution is 5.87. The van der Waals surface area contributed by atoms with E-state index in [4.69, 9.17) is 9.84 Å². The smallest absolute Gasteiger partial charge is 0.335 e. The highest BCUT2D eigenvalue weighted by Gasteiger charge is 2.05. The van der Waals surface area contributed by atoms with Crippen LogP contribution in [0, 0.1) is 6.92 Å². The fraction of sp³-hybridized carbons (Fsp3) is 0.188. The lowest BCUT2D eigenvalue weighted by atomic mass is 10.1. The number of carboxylic acid groups (broad SMARTS) is 1. The zero-order valence-corrected chi connectivity index (χ0v) is 11.5. The molecule has 0 fully saturated rings. The van der Waals surface area contributed by atoms with Crippen molar-refractivity contribution in [2.24, 2.45) is 0 Å². The van der Waals surface area contributed by atoms with E-state index in [9.17, 15) is 4.79 Å². The second-order valence-electron chi connectivity index (χ2n) is 4.56. The number of hydrogen-bond acceptors (Lipinski definition) is 3. The van der Waals surface area contributed by atoms with E-state index in [0.717, 1.165) is 22.6 Å². The largest absolute Gasteiger partial charge is 0.495 e. The van der Waals surface area contributed by atoms with Gasteiger partial charge in [-0.25, -0.2) is 4.79 Å². The molecule has 104 valence electrons. The molecule has 0 aliphatic carbocycles. The van der Waals surface area contributed by atoms with Crippen LogP contribution < -0.4 is 10.1 Å². The summed E-state index contributed by atoms with van der Waals surface area (Å²) in [7, 11) is 1.63. The summed E-state index contributed by atoms with van der Waals surface area (Å²) in [6, 6.07) is 12.8. The number of nitrogens with one attached hydrogen (secondary N) is 1. The van der Waals surface area contributed by atoms with Crippen molar-refractivity contribution in [3.8, 4) is 5.75 Å². The highest BCUT2D eigenvalue weighted by Crippen LogP contribution is 2.25. The zero-order chi connectivity index (χ0) is 14.5. The number of rotatable bonds is 5. The number of methoxy groups -OCH3 is 1. The molecule has 0 aliphatic rings. The van der Waals surface area contributed by atoms with Crippen LogP contribution in [0.4, 0.5) is 5.69 Å². The summed E-state index contributed by atoms with van der Waals surface area (Å²) in [5.41, 5.74) is 3.23. The third-order valence-electron chi connectivity index (χ3n) is 3.01. The Hall–Kier alpha value is -2.49. The lowest BCUT2D eigenvalue weighted by molar-refractivity contribution is 0.0697. The van der Waals surface area contributed by atoms with Crippen LogP contribution in [-0.2, 0) is 6.54 Å². The summed E-state index contributed by atoms with van der Waals surface area (Å²) < 4.78 is 5.29. The molecule has 0 atom stereocenters. The van der Waals surface area contributed by atoms with Gasteiger partial charge in [0.1, 0.15) is 5.75 Å². The van der Waals surface area contributed by atoms with E-state index in [0.29, 0.717) is 12.1 Å². The molecule has 2 aromatic rings. The van der Waals surface area contributed by atoms with Crippen LogP contribution in [0.1, 0.15) is 21.5 Å². The minimum absolute atomic E-state index is 0.292. The minimum Gasteiger partial charge on any atom is -0.495 e. The van der Waals surface area contributed by atoms with E-state index in [1.807, 2.05) is 31.2 Å². The Bertz CT molecular complexity index is 623. The van der Waals surface area contributed by atoms with Gasteiger partial charge in [0.2, 0.25) is 0 Å². The first kappa shape index (κ1) is 13.9. The Morgan fingerprint density at radius 3 is 2.75 bits per heavy atom. The van der Waals surface area contributed by atoms with Gasteiger partial charge < -0.3 is 15.2 Å². The van der Waals surface area contributed by atoms with E-state index in [-0.39, 0.29) is 0 Å². The molecule has 0 aromatic heterocycles. The van der Waals surface area contributed by atoms with Crippen LogP contribution in [0.15, 0.2) is 42.5 Å². The molecule has 0 saturated carbocycles. The van der Waals surface area contributed by atoms with Gasteiger partial charge in [-0.05, 0) is 42.3 Å². The Labute approximate surface area is 118 Å². The summed E-state index contributed by atoms with van der Waals surface area (Å²) in [6.45, 7) is 2.55. The van der Waals surface area contributed by atoms with Crippen LogP contribution in [0.2, 0.25) is 0 Å². The Kier molecular flexibility index (Phi) is 4.25. The monoisotopic (exact) mass is 271 g/mol. The molecule has 2 aromatic carbocycles. The maximum Gasteiger partial charge on any atom is 0.335 e. The molecule has 2 N–H and O–H groups in total. The Morgan fingerprint density at radius 1 is 1.25 bits per heavy atom. The predicted molar refractivity (Wildman–Crippen MR) is 78.5 cm³/mol. The molecule has 4 nitrogen and oxygen atoms in total. The van der Waals surface area contributed by atoms with Gasteiger partial charge in [0, 0.05) is 6.54 Å². The van der Waals surface area contributed by atoms with Crippen molar-refractivity contribution >= 4 is 11.7 Å². The molecule has 0 saturated heterocycles. The normalized spacial score (nSPS) is 10.1. The molecule has 4 heteroatoms. The molecule has 0 amide bonds. The van der Waals surface area contributed by atoms with Crippen LogP contribution in [0.3, 0.4) is 0 Å². The molecule has 20 heavy (non-hydrogen) atoms. The van der Waals surface area contributed by atoms with E-state index < -0.39 is 5.97 Å². The van der Waals surface area contributed by atoms with Gasteiger partial charge in [-0.2, -0.15) is 0 Å². The van der Waals surface area contributed by atoms with Crippen molar-refractivity contribution in [3.05, 3.63) is 59.2 Å². The summed E-state index contributed by atoms with van der Waals surface area (Å²) in [6.07, 6.45) is 0. The number of benzene rings is 2. The van der Waals surface area contributed by atoms with Gasteiger partial charge in [-0.1, -0.05) is 18.2 Å². The molecule has 0 unspecified atom stereocenters. The van der Waals surface area contributed by atoms with Crippen LogP contribution in [0.5, 0.6) is 5.75 Å². The van der Waals surface area contributed by atoms with E-state index >= 15 is 0 Å². The van der Waals surface area contributed by atoms with Crippen LogP contribution in [-0.4, -0.2) is 18.2 Å². The number of aromatic carboxylic acids is 1. The molecule has 0 heterocycles. The van der Waals surface area contributed by atoms with E-state index in [1.54, 1.807) is 25.3 Å². The van der Waals surface area contributed by atoms with Gasteiger partial charge in [-0.15, -0.1) is 0 Å². The third-order valence-corrected chi connectivity index (χ3v) is 3.01. The van der Waals surface area contributed by atoms with Crippen LogP contribution >= 0.6 is 0 Å². The SMILES string of the molecule is COc1ccc(C)cc1NCc1cccc(C(=O)O)c1. The van der Waals surface area contributed by atoms with E-state index in [1.165, 1.54) is 0 Å². The van der Waals surface area contributed by atoms with Crippen molar-refractivity contribution in [2.45, 2.75) is 13.5 Å². The summed E-state index contributed by atoms with van der Waals surface area (Å²) in [5.74, 6) is -0.148. The summed E-state index contributed by atoms with van der Waals surface area (Å²) in [4.78, 5) is 10.9. The second kappa shape index (κ2) is 6.10. The fourth-order valence-corrected chi connectivity index (χ4v) is 1.97. The standard InChI is InChI=1S/C16H17NO3/c1-11-6-7-15(20-2)14(8-11)17-10-12-4-3-5-13(9-12)16(18)19/h3-9,17H,10H2,1-2H3,(H,18,19). The highest BCUT2D eigenvalue weighted by atomic mass is 16.5. The Morgan fingerprint density at radius 2 is 2.05 bits per heavy atom. The zero-order valence-electron chi connectivity index (χ0n) is 11.5. The summed E-state index contributed by atoms with van der Waals surface area (Å²) in [5, 5.41) is 12.2. The fourth-order valence-electron chi connectivity index (χ4n) is 1.97. The summed E-state index contributed by atoms with van der Waals surface area (Å²) >= 11 is 0. The first-order chi connectivity index (χ1) is 9.60. The molecule has 0 spiro atoms. The average molecular weight is 271 g/mol. The molecule has 0 bridgehead atoms. The molecular weight excluding hydrogens is 254 g/mol. The quantitative estimate of drug-likeness (QED) is 0.876. The molecule has 2 rings (SSSR count). The van der Waals surface area contributed by atoms with Gasteiger partial charge in [0.05, 0.1) is 18.4 Å². The average Bonchev–Trinajstić information content (AvgIpc) is 2.45. The van der Waals surface area contributed by atoms with Crippen molar-refractivity contribution in [2.75, 3.05) is 12.4 Å². The van der Waals surface area contributed by atoms with Crippen molar-refractivity contribution < 1.29 is 14.6 Å². The topological polar surface area (TPSA) is 58.6 Å². The van der Waals surface area contributed by atoms with Gasteiger partial charge in [0.25, 0.3) is 0 Å². The number of hydrogen-bond donors (Lipinski definition) is 2. The number of carbonyl (C=O) groups is 1. The number of anilines is 1. The lowest BCUT2D eigenvalue weighted by Crippen LogP contribution is -2.03. The number of aryl methyl sites for hydroxylation is 1. The second-order valence-corrected chi connectivity index (χ2v) is 4.56. The number of ether oxygens (including phenoxy) is 1. The van der Waals surface area contributed by atoms with Crippen molar-refractivity contribution in [3.63, 3.8) is 0 Å². The number of carboxylic acids is 1. The maximum absolute atomic E-state index is 10.9. The van der Waals surface area contributed by atoms with Crippen LogP contribution in [0.25, 0.3) is 0 Å². The van der Waals surface area contributed by atoms with Gasteiger partial charge in [-0.3, -0.25) is 0 Å². The third kappa shape index (κ3) is 3.29. The molecular formula is C16H17NO3. The molecule has 0 radical (unpaired) electrons. The predicted octanol–water partition coefficient (Wildman–Crippen LogP) is 3.31. The van der Waals surface area contributed by atoms with Crippen molar-refractivity contribution in [1.29, 1.82) is 0 Å². The maximum atomic E-state index is 10.9. The molecule has 0 aliphatic heterocycles. The Balaban J connectivity index is 2.14. The first-order valence-electron chi connectivity index (χ1n) is 6.31. The van der Waals surface area contributed by atoms with E-state index in [2.05, 4.69) is 5.32 Å². The first-order valence-corrected chi connectivity index (χ1v) is 6.31. The van der Waals surface area contributed by atoms with Gasteiger partial charge >= 0.3 is 5.97 Å². The minimum atomic E-state index is -0.917. The van der Waals surface area contributed by atoms with Gasteiger partial charge in [0.15, 0.2) is 0 Å².